The Morgan fingerprint density at radius 1 is 1.38 bits per heavy atom. The average Bonchev–Trinajstić information content (AvgIpc) is 2.85. The minimum absolute atomic E-state index is 0.0181. The number of aliphatic carboxylic acids is 1. The summed E-state index contributed by atoms with van der Waals surface area (Å²) in [5.41, 5.74) is 2.70. The number of hydrogen-bond donors (Lipinski definition) is 1. The van der Waals surface area contributed by atoms with Gasteiger partial charge in [0.25, 0.3) is 0 Å². The topological polar surface area (TPSA) is 72.9 Å². The van der Waals surface area contributed by atoms with Crippen molar-refractivity contribution in [1.82, 2.24) is 19.3 Å². The molecular weight excluding hydrogens is 288 g/mol. The molecule has 1 atom stereocenters. The first-order chi connectivity index (χ1) is 9.81. The predicted molar refractivity (Wildman–Crippen MR) is 83.8 cm³/mol. The van der Waals surface area contributed by atoms with E-state index in [0.717, 1.165) is 28.4 Å². The normalized spacial score (nSPS) is 13.2. The van der Waals surface area contributed by atoms with E-state index in [0.29, 0.717) is 5.92 Å². The van der Waals surface area contributed by atoms with E-state index in [1.807, 2.05) is 18.7 Å². The van der Waals surface area contributed by atoms with Crippen molar-refractivity contribution in [2.24, 2.45) is 13.0 Å². The Balaban J connectivity index is 2.50. The van der Waals surface area contributed by atoms with Crippen LogP contribution in [0.2, 0.25) is 0 Å². The maximum Gasteiger partial charge on any atom is 0.313 e. The molecule has 0 aliphatic rings. The van der Waals surface area contributed by atoms with E-state index in [9.17, 15) is 4.79 Å². The molecule has 0 aliphatic heterocycles. The molecule has 0 aromatic carbocycles. The average molecular weight is 310 g/mol. The van der Waals surface area contributed by atoms with Crippen molar-refractivity contribution in [2.75, 3.05) is 5.75 Å². The maximum absolute atomic E-state index is 10.8. The highest BCUT2D eigenvalue weighted by Gasteiger charge is 2.22. The van der Waals surface area contributed by atoms with Gasteiger partial charge in [0.2, 0.25) is 0 Å². The van der Waals surface area contributed by atoms with Crippen molar-refractivity contribution >= 4 is 28.9 Å². The molecule has 0 spiro atoms. The largest absolute Gasteiger partial charge is 0.481 e. The summed E-state index contributed by atoms with van der Waals surface area (Å²) in [6.07, 6.45) is 1.01. The molecule has 2 aromatic heterocycles. The molecule has 0 saturated carbocycles. The van der Waals surface area contributed by atoms with Crippen molar-refractivity contribution < 1.29 is 9.90 Å². The molecule has 0 bridgehead atoms. The number of aryl methyl sites for hydroxylation is 2. The Labute approximate surface area is 128 Å². The zero-order valence-corrected chi connectivity index (χ0v) is 13.9. The van der Waals surface area contributed by atoms with Crippen LogP contribution in [0.5, 0.6) is 0 Å². The maximum atomic E-state index is 10.8. The first kappa shape index (κ1) is 15.9. The van der Waals surface area contributed by atoms with Crippen LogP contribution in [0.1, 0.15) is 38.9 Å². The van der Waals surface area contributed by atoms with Crippen molar-refractivity contribution in [3.63, 3.8) is 0 Å². The molecule has 1 unspecified atom stereocenters. The van der Waals surface area contributed by atoms with Crippen molar-refractivity contribution in [2.45, 2.75) is 45.3 Å². The molecule has 2 rings (SSSR count). The van der Waals surface area contributed by atoms with Gasteiger partial charge in [0, 0.05) is 13.1 Å². The van der Waals surface area contributed by atoms with E-state index in [-0.39, 0.29) is 11.8 Å². The van der Waals surface area contributed by atoms with Gasteiger partial charge >= 0.3 is 5.97 Å². The number of fused-ring (bicyclic) bond motifs is 1. The van der Waals surface area contributed by atoms with Crippen LogP contribution in [0.3, 0.4) is 0 Å². The lowest BCUT2D eigenvalue weighted by molar-refractivity contribution is -0.133. The van der Waals surface area contributed by atoms with Crippen LogP contribution < -0.4 is 0 Å². The van der Waals surface area contributed by atoms with E-state index < -0.39 is 5.97 Å². The van der Waals surface area contributed by atoms with Crippen molar-refractivity contribution in [1.29, 1.82) is 0 Å². The second-order valence-corrected chi connectivity index (χ2v) is 6.75. The Hall–Kier alpha value is -1.50. The Kier molecular flexibility index (Phi) is 4.61. The van der Waals surface area contributed by atoms with Crippen LogP contribution in [0.25, 0.3) is 11.2 Å². The molecule has 0 radical (unpaired) electrons. The summed E-state index contributed by atoms with van der Waals surface area (Å²) in [5, 5.41) is 14.1. The van der Waals surface area contributed by atoms with Crippen LogP contribution in [-0.2, 0) is 11.8 Å². The minimum Gasteiger partial charge on any atom is -0.481 e. The Bertz CT molecular complexity index is 660. The van der Waals surface area contributed by atoms with Gasteiger partial charge in [-0.2, -0.15) is 5.10 Å². The third kappa shape index (κ3) is 3.23. The molecule has 0 amide bonds. The predicted octanol–water partition coefficient (Wildman–Crippen LogP) is 2.86. The van der Waals surface area contributed by atoms with Crippen LogP contribution >= 0.6 is 11.8 Å². The van der Waals surface area contributed by atoms with Gasteiger partial charge in [-0.25, -0.2) is 4.98 Å². The molecule has 0 saturated heterocycles. The molecule has 21 heavy (non-hydrogen) atoms. The third-order valence-electron chi connectivity index (χ3n) is 3.38. The number of thioether (sulfide) groups is 1. The van der Waals surface area contributed by atoms with Gasteiger partial charge in [-0.3, -0.25) is 9.48 Å². The summed E-state index contributed by atoms with van der Waals surface area (Å²) in [6.45, 7) is 8.44. The number of hydrogen-bond acceptors (Lipinski definition) is 4. The summed E-state index contributed by atoms with van der Waals surface area (Å²) >= 11 is 1.27. The molecule has 0 fully saturated rings. The van der Waals surface area contributed by atoms with Crippen LogP contribution in [0, 0.1) is 12.8 Å². The zero-order chi connectivity index (χ0) is 15.7. The number of carboxylic acids is 1. The highest BCUT2D eigenvalue weighted by atomic mass is 32.2. The fraction of sp³-hybridized carbons (Fsp3) is 0.643. The highest BCUT2D eigenvalue weighted by molar-refractivity contribution is 7.99. The van der Waals surface area contributed by atoms with E-state index in [1.54, 1.807) is 0 Å². The first-order valence-corrected chi connectivity index (χ1v) is 8.06. The number of carboxylic acid groups (broad SMARTS) is 1. The molecular formula is C14H22N4O2S. The standard InChI is InChI=1S/C14H22N4O2S/c1-8(2)6-9(3)18-13-12(10(4)16-17(13)5)15-14(18)21-7-11(19)20/h8-9H,6-7H2,1-5H3,(H,19,20). The van der Waals surface area contributed by atoms with Gasteiger partial charge in [0.15, 0.2) is 10.8 Å². The Morgan fingerprint density at radius 2 is 2.05 bits per heavy atom. The van der Waals surface area contributed by atoms with Crippen LogP contribution in [0.15, 0.2) is 5.16 Å². The van der Waals surface area contributed by atoms with Gasteiger partial charge in [-0.15, -0.1) is 0 Å². The molecule has 116 valence electrons. The lowest BCUT2D eigenvalue weighted by Crippen LogP contribution is -2.12. The SMILES string of the molecule is Cc1nn(C)c2c1nc(SCC(=O)O)n2C(C)CC(C)C. The number of nitrogens with zero attached hydrogens (tertiary/aromatic N) is 4. The summed E-state index contributed by atoms with van der Waals surface area (Å²) in [7, 11) is 1.90. The van der Waals surface area contributed by atoms with Crippen molar-refractivity contribution in [3.05, 3.63) is 5.69 Å². The van der Waals surface area contributed by atoms with Gasteiger partial charge in [0.1, 0.15) is 5.52 Å². The fourth-order valence-corrected chi connectivity index (χ4v) is 3.50. The van der Waals surface area contributed by atoms with Gasteiger partial charge in [-0.05, 0) is 26.2 Å². The van der Waals surface area contributed by atoms with Crippen LogP contribution in [0.4, 0.5) is 0 Å². The Morgan fingerprint density at radius 3 is 2.62 bits per heavy atom. The van der Waals surface area contributed by atoms with E-state index >= 15 is 0 Å². The highest BCUT2D eigenvalue weighted by Crippen LogP contribution is 2.31. The molecule has 6 nitrogen and oxygen atoms in total. The molecule has 7 heteroatoms. The molecule has 2 aromatic rings. The van der Waals surface area contributed by atoms with E-state index in [4.69, 9.17) is 5.11 Å². The first-order valence-electron chi connectivity index (χ1n) is 7.07. The molecule has 0 aliphatic carbocycles. The fourth-order valence-electron chi connectivity index (χ4n) is 2.69. The summed E-state index contributed by atoms with van der Waals surface area (Å²) in [6, 6.07) is 0.251. The summed E-state index contributed by atoms with van der Waals surface area (Å²) in [5.74, 6) is -0.251. The number of carbonyl (C=O) groups is 1. The summed E-state index contributed by atoms with van der Waals surface area (Å²) < 4.78 is 3.96. The minimum atomic E-state index is -0.829. The lowest BCUT2D eigenvalue weighted by atomic mass is 10.1. The monoisotopic (exact) mass is 310 g/mol. The zero-order valence-electron chi connectivity index (χ0n) is 13.1. The van der Waals surface area contributed by atoms with Gasteiger partial charge in [-0.1, -0.05) is 25.6 Å². The van der Waals surface area contributed by atoms with E-state index in [1.165, 1.54) is 11.8 Å². The number of imidazole rings is 1. The van der Waals surface area contributed by atoms with Crippen molar-refractivity contribution in [3.8, 4) is 0 Å². The van der Waals surface area contributed by atoms with Gasteiger partial charge in [0.05, 0.1) is 11.4 Å². The second kappa shape index (κ2) is 6.09. The van der Waals surface area contributed by atoms with E-state index in [2.05, 4.69) is 35.4 Å². The smallest absolute Gasteiger partial charge is 0.313 e. The summed E-state index contributed by atoms with van der Waals surface area (Å²) in [4.78, 5) is 15.5. The lowest BCUT2D eigenvalue weighted by Gasteiger charge is -2.19. The van der Waals surface area contributed by atoms with Crippen LogP contribution in [-0.4, -0.2) is 36.2 Å². The number of rotatable bonds is 6. The molecule has 2 heterocycles. The van der Waals surface area contributed by atoms with Gasteiger partial charge < -0.3 is 9.67 Å². The number of aromatic nitrogens is 4. The quantitative estimate of drug-likeness (QED) is 0.831. The third-order valence-corrected chi connectivity index (χ3v) is 4.32. The second-order valence-electron chi connectivity index (χ2n) is 5.81. The molecule has 1 N–H and O–H groups in total.